The minimum Gasteiger partial charge on any atom is -0.379 e. The molecule has 0 aromatic carbocycles. The zero-order chi connectivity index (χ0) is 18.2. The molecule has 1 aromatic rings. The molecule has 0 aliphatic carbocycles. The molecular formula is C18H34IN5O. The standard InChI is InChI=1S/C18H33N5O.HI/c1-8-19-17(21-13-15(24-7)18(2,3)4)20-12-14-10-9-11-16(22-14)23(5)6;/h9-11,15H,8,12-13H2,1-7H3,(H2,19,20,21);1H. The fraction of sp³-hybridized carbons (Fsp3) is 0.667. The van der Waals surface area contributed by atoms with Crippen molar-refractivity contribution < 1.29 is 4.74 Å². The molecule has 6 nitrogen and oxygen atoms in total. The van der Waals surface area contributed by atoms with E-state index in [1.165, 1.54) is 0 Å². The number of hydrogen-bond acceptors (Lipinski definition) is 4. The van der Waals surface area contributed by atoms with Gasteiger partial charge in [0.1, 0.15) is 5.82 Å². The van der Waals surface area contributed by atoms with E-state index in [4.69, 9.17) is 4.74 Å². The predicted molar refractivity (Wildman–Crippen MR) is 117 cm³/mol. The average Bonchev–Trinajstić information content (AvgIpc) is 2.52. The van der Waals surface area contributed by atoms with Crippen LogP contribution in [-0.2, 0) is 11.3 Å². The number of pyridine rings is 1. The third kappa shape index (κ3) is 8.71. The molecule has 2 N–H and O–H groups in total. The van der Waals surface area contributed by atoms with E-state index in [1.54, 1.807) is 7.11 Å². The number of halogens is 1. The van der Waals surface area contributed by atoms with Crippen LogP contribution in [0.15, 0.2) is 23.2 Å². The summed E-state index contributed by atoms with van der Waals surface area (Å²) in [5, 5.41) is 6.63. The third-order valence-electron chi connectivity index (χ3n) is 3.70. The highest BCUT2D eigenvalue weighted by Crippen LogP contribution is 2.20. The van der Waals surface area contributed by atoms with Crippen molar-refractivity contribution in [2.45, 2.75) is 40.3 Å². The van der Waals surface area contributed by atoms with Gasteiger partial charge in [0, 0.05) is 34.3 Å². The van der Waals surface area contributed by atoms with Crippen molar-refractivity contribution in [2.24, 2.45) is 10.4 Å². The summed E-state index contributed by atoms with van der Waals surface area (Å²) in [5.41, 5.74) is 1.01. The van der Waals surface area contributed by atoms with Gasteiger partial charge in [-0.05, 0) is 24.5 Å². The lowest BCUT2D eigenvalue weighted by atomic mass is 9.89. The van der Waals surface area contributed by atoms with E-state index in [0.29, 0.717) is 13.1 Å². The summed E-state index contributed by atoms with van der Waals surface area (Å²) in [5.74, 6) is 1.72. The first-order chi connectivity index (χ1) is 11.3. The summed E-state index contributed by atoms with van der Waals surface area (Å²) in [6, 6.07) is 5.99. The van der Waals surface area contributed by atoms with Gasteiger partial charge in [-0.15, -0.1) is 24.0 Å². The molecular weight excluding hydrogens is 429 g/mol. The first kappa shape index (κ1) is 23.9. The number of aromatic nitrogens is 1. The summed E-state index contributed by atoms with van der Waals surface area (Å²) in [7, 11) is 5.72. The largest absolute Gasteiger partial charge is 0.379 e. The predicted octanol–water partition coefficient (Wildman–Crippen LogP) is 2.88. The van der Waals surface area contributed by atoms with Crippen LogP contribution in [0, 0.1) is 5.41 Å². The lowest BCUT2D eigenvalue weighted by Crippen LogP contribution is -2.45. The zero-order valence-electron chi connectivity index (χ0n) is 16.6. The lowest BCUT2D eigenvalue weighted by Gasteiger charge is -2.30. The second-order valence-corrected chi connectivity index (χ2v) is 7.05. The number of nitrogens with one attached hydrogen (secondary N) is 2. The van der Waals surface area contributed by atoms with Gasteiger partial charge in [-0.3, -0.25) is 0 Å². The van der Waals surface area contributed by atoms with Crippen LogP contribution in [0.1, 0.15) is 33.4 Å². The number of rotatable bonds is 7. The monoisotopic (exact) mass is 463 g/mol. The molecule has 0 saturated carbocycles. The first-order valence-corrected chi connectivity index (χ1v) is 8.46. The molecule has 0 bridgehead atoms. The smallest absolute Gasteiger partial charge is 0.191 e. The summed E-state index contributed by atoms with van der Waals surface area (Å²) in [6.45, 7) is 10.6. The average molecular weight is 463 g/mol. The third-order valence-corrected chi connectivity index (χ3v) is 3.70. The molecule has 0 radical (unpaired) electrons. The molecule has 0 amide bonds. The molecule has 0 fully saturated rings. The Balaban J connectivity index is 0.00000576. The van der Waals surface area contributed by atoms with Crippen molar-refractivity contribution in [1.82, 2.24) is 15.6 Å². The van der Waals surface area contributed by atoms with Gasteiger partial charge in [-0.25, -0.2) is 9.98 Å². The summed E-state index contributed by atoms with van der Waals surface area (Å²) in [6.07, 6.45) is 0.108. The zero-order valence-corrected chi connectivity index (χ0v) is 18.9. The highest BCUT2D eigenvalue weighted by atomic mass is 127. The maximum atomic E-state index is 5.59. The molecule has 1 atom stereocenters. The molecule has 0 spiro atoms. The van der Waals surface area contributed by atoms with Gasteiger partial charge in [0.05, 0.1) is 18.3 Å². The fourth-order valence-corrected chi connectivity index (χ4v) is 2.24. The van der Waals surface area contributed by atoms with Crippen molar-refractivity contribution >= 4 is 35.8 Å². The van der Waals surface area contributed by atoms with Crippen molar-refractivity contribution in [1.29, 1.82) is 0 Å². The van der Waals surface area contributed by atoms with E-state index in [1.807, 2.05) is 37.2 Å². The molecule has 1 unspecified atom stereocenters. The van der Waals surface area contributed by atoms with E-state index in [-0.39, 0.29) is 35.5 Å². The minimum absolute atomic E-state index is 0. The second kappa shape index (κ2) is 11.5. The van der Waals surface area contributed by atoms with E-state index in [0.717, 1.165) is 24.0 Å². The van der Waals surface area contributed by atoms with E-state index >= 15 is 0 Å². The van der Waals surface area contributed by atoms with Gasteiger partial charge in [0.15, 0.2) is 5.96 Å². The van der Waals surface area contributed by atoms with Crippen LogP contribution in [0.25, 0.3) is 0 Å². The van der Waals surface area contributed by atoms with Crippen LogP contribution < -0.4 is 15.5 Å². The van der Waals surface area contributed by atoms with Crippen molar-refractivity contribution in [3.05, 3.63) is 23.9 Å². The van der Waals surface area contributed by atoms with E-state index < -0.39 is 0 Å². The molecule has 25 heavy (non-hydrogen) atoms. The Hall–Kier alpha value is -1.09. The number of anilines is 1. The maximum Gasteiger partial charge on any atom is 0.191 e. The van der Waals surface area contributed by atoms with Crippen LogP contribution in [0.2, 0.25) is 0 Å². The Morgan fingerprint density at radius 2 is 1.96 bits per heavy atom. The highest BCUT2D eigenvalue weighted by Gasteiger charge is 2.24. The fourth-order valence-electron chi connectivity index (χ4n) is 2.24. The first-order valence-electron chi connectivity index (χ1n) is 8.46. The quantitative estimate of drug-likeness (QED) is 0.370. The van der Waals surface area contributed by atoms with Gasteiger partial charge in [0.2, 0.25) is 0 Å². The Bertz CT molecular complexity index is 528. The Morgan fingerprint density at radius 1 is 1.28 bits per heavy atom. The minimum atomic E-state index is 0. The highest BCUT2D eigenvalue weighted by molar-refractivity contribution is 14.0. The van der Waals surface area contributed by atoms with E-state index in [2.05, 4.69) is 48.3 Å². The summed E-state index contributed by atoms with van der Waals surface area (Å²) >= 11 is 0. The Kier molecular flexibility index (Phi) is 11.0. The van der Waals surface area contributed by atoms with Gasteiger partial charge in [0.25, 0.3) is 0 Å². The van der Waals surface area contributed by atoms with Crippen molar-refractivity contribution in [3.8, 4) is 0 Å². The molecule has 1 aromatic heterocycles. The van der Waals surface area contributed by atoms with Crippen LogP contribution >= 0.6 is 24.0 Å². The Morgan fingerprint density at radius 3 is 2.48 bits per heavy atom. The molecule has 0 aliphatic rings. The molecule has 0 aliphatic heterocycles. The normalized spacial score (nSPS) is 13.0. The number of ether oxygens (including phenoxy) is 1. The summed E-state index contributed by atoms with van der Waals surface area (Å²) < 4.78 is 5.59. The van der Waals surface area contributed by atoms with Crippen LogP contribution in [-0.4, -0.2) is 51.3 Å². The second-order valence-electron chi connectivity index (χ2n) is 7.05. The van der Waals surface area contributed by atoms with Crippen LogP contribution in [0.3, 0.4) is 0 Å². The number of methoxy groups -OCH3 is 1. The maximum absolute atomic E-state index is 5.59. The van der Waals surface area contributed by atoms with Gasteiger partial charge < -0.3 is 20.3 Å². The summed E-state index contributed by atoms with van der Waals surface area (Å²) in [4.78, 5) is 11.2. The van der Waals surface area contributed by atoms with Crippen LogP contribution in [0.5, 0.6) is 0 Å². The lowest BCUT2D eigenvalue weighted by molar-refractivity contribution is 0.0205. The van der Waals surface area contributed by atoms with Gasteiger partial charge in [-0.2, -0.15) is 0 Å². The van der Waals surface area contributed by atoms with Gasteiger partial charge in [-0.1, -0.05) is 26.8 Å². The number of hydrogen-bond donors (Lipinski definition) is 2. The van der Waals surface area contributed by atoms with Gasteiger partial charge >= 0.3 is 0 Å². The molecule has 1 rings (SSSR count). The number of aliphatic imine (C=N–C) groups is 1. The number of guanidine groups is 1. The molecule has 0 saturated heterocycles. The van der Waals surface area contributed by atoms with Crippen LogP contribution in [0.4, 0.5) is 5.82 Å². The number of nitrogens with zero attached hydrogens (tertiary/aromatic N) is 3. The van der Waals surface area contributed by atoms with Crippen molar-refractivity contribution in [3.63, 3.8) is 0 Å². The SMILES string of the molecule is CCNC(=NCc1cccc(N(C)C)n1)NCC(OC)C(C)(C)C.I. The van der Waals surface area contributed by atoms with Crippen molar-refractivity contribution in [2.75, 3.05) is 39.2 Å². The topological polar surface area (TPSA) is 61.8 Å². The Labute approximate surface area is 169 Å². The molecule has 1 heterocycles. The molecule has 144 valence electrons. The molecule has 7 heteroatoms. The van der Waals surface area contributed by atoms with E-state index in [9.17, 15) is 0 Å².